The Morgan fingerprint density at radius 2 is 2.00 bits per heavy atom. The first-order chi connectivity index (χ1) is 13.1. The Morgan fingerprint density at radius 1 is 1.15 bits per heavy atom. The first-order valence-corrected chi connectivity index (χ1v) is 9.37. The second-order valence-electron chi connectivity index (χ2n) is 6.04. The number of halogens is 1. The molecule has 2 aromatic carbocycles. The standard InChI is InChI=1S/C21H15IN2O3/c22-15-4-3-5-16(10-15)23-11-14-12-24(19-7-2-1-6-18(14)19)13-17-8-9-20(27-17)21(25)26/h1-12H,13H2,(H,25,26). The third kappa shape index (κ3) is 3.80. The topological polar surface area (TPSA) is 67.7 Å². The van der Waals surface area contributed by atoms with Crippen LogP contribution in [0.15, 0.2) is 76.3 Å². The molecule has 0 aliphatic heterocycles. The highest BCUT2D eigenvalue weighted by atomic mass is 127. The van der Waals surface area contributed by atoms with Crippen molar-refractivity contribution in [2.45, 2.75) is 6.54 Å². The van der Waals surface area contributed by atoms with Gasteiger partial charge in [0.25, 0.3) is 0 Å². The molecule has 134 valence electrons. The average molecular weight is 470 g/mol. The summed E-state index contributed by atoms with van der Waals surface area (Å²) < 4.78 is 8.57. The van der Waals surface area contributed by atoms with Crippen LogP contribution in [0.3, 0.4) is 0 Å². The van der Waals surface area contributed by atoms with Crippen LogP contribution in [0.1, 0.15) is 21.9 Å². The number of carboxylic acids is 1. The minimum atomic E-state index is -1.07. The summed E-state index contributed by atoms with van der Waals surface area (Å²) in [6.07, 6.45) is 3.86. The van der Waals surface area contributed by atoms with Crippen LogP contribution in [0.2, 0.25) is 0 Å². The Kier molecular flexibility index (Phi) is 4.81. The molecule has 27 heavy (non-hydrogen) atoms. The zero-order chi connectivity index (χ0) is 18.8. The quantitative estimate of drug-likeness (QED) is 0.317. The number of para-hydroxylation sites is 1. The Morgan fingerprint density at radius 3 is 2.78 bits per heavy atom. The van der Waals surface area contributed by atoms with Crippen molar-refractivity contribution in [3.8, 4) is 0 Å². The molecule has 6 heteroatoms. The van der Waals surface area contributed by atoms with Crippen molar-refractivity contribution < 1.29 is 14.3 Å². The number of carboxylic acid groups (broad SMARTS) is 1. The number of rotatable bonds is 5. The van der Waals surface area contributed by atoms with Crippen LogP contribution in [-0.4, -0.2) is 21.9 Å². The molecule has 5 nitrogen and oxygen atoms in total. The van der Waals surface area contributed by atoms with Crippen LogP contribution < -0.4 is 0 Å². The zero-order valence-corrected chi connectivity index (χ0v) is 16.3. The van der Waals surface area contributed by atoms with E-state index < -0.39 is 5.97 Å². The van der Waals surface area contributed by atoms with Gasteiger partial charge in [0.2, 0.25) is 5.76 Å². The third-order valence-corrected chi connectivity index (χ3v) is 4.85. The summed E-state index contributed by atoms with van der Waals surface area (Å²) >= 11 is 2.27. The summed E-state index contributed by atoms with van der Waals surface area (Å²) in [4.78, 5) is 15.6. The molecule has 0 amide bonds. The summed E-state index contributed by atoms with van der Waals surface area (Å²) in [6.45, 7) is 0.449. The van der Waals surface area contributed by atoms with E-state index in [1.807, 2.05) is 65.5 Å². The van der Waals surface area contributed by atoms with Gasteiger partial charge in [-0.2, -0.15) is 0 Å². The SMILES string of the molecule is O=C(O)c1ccc(Cn2cc(C=Nc3cccc(I)c3)c3ccccc32)o1. The summed E-state index contributed by atoms with van der Waals surface area (Å²) in [5.74, 6) is -0.528. The van der Waals surface area contributed by atoms with Crippen molar-refractivity contribution in [2.75, 3.05) is 0 Å². The predicted molar refractivity (Wildman–Crippen MR) is 113 cm³/mol. The Hall–Kier alpha value is -2.87. The van der Waals surface area contributed by atoms with E-state index in [0.29, 0.717) is 12.3 Å². The number of carbonyl (C=O) groups is 1. The predicted octanol–water partition coefficient (Wildman–Crippen LogP) is 5.34. The molecular weight excluding hydrogens is 455 g/mol. The van der Waals surface area contributed by atoms with Crippen LogP contribution in [0.25, 0.3) is 10.9 Å². The molecule has 0 atom stereocenters. The number of hydrogen-bond acceptors (Lipinski definition) is 3. The fourth-order valence-electron chi connectivity index (χ4n) is 2.96. The Labute approximate surface area is 169 Å². The Balaban J connectivity index is 1.69. The molecule has 0 radical (unpaired) electrons. The number of aromatic nitrogens is 1. The monoisotopic (exact) mass is 470 g/mol. The summed E-state index contributed by atoms with van der Waals surface area (Å²) in [5, 5.41) is 10.1. The Bertz CT molecular complexity index is 1160. The number of aliphatic imine (C=N–C) groups is 1. The van der Waals surface area contributed by atoms with Crippen LogP contribution in [0.4, 0.5) is 5.69 Å². The van der Waals surface area contributed by atoms with Gasteiger partial charge in [-0.1, -0.05) is 24.3 Å². The molecule has 0 bridgehead atoms. The first-order valence-electron chi connectivity index (χ1n) is 8.30. The summed E-state index contributed by atoms with van der Waals surface area (Å²) in [5.41, 5.74) is 2.93. The second-order valence-corrected chi connectivity index (χ2v) is 7.28. The van der Waals surface area contributed by atoms with Gasteiger partial charge in [0.15, 0.2) is 0 Å². The number of hydrogen-bond donors (Lipinski definition) is 1. The molecule has 0 spiro atoms. The van der Waals surface area contributed by atoms with Crippen LogP contribution in [0.5, 0.6) is 0 Å². The van der Waals surface area contributed by atoms with E-state index >= 15 is 0 Å². The van der Waals surface area contributed by atoms with E-state index in [0.717, 1.165) is 25.7 Å². The molecule has 1 N–H and O–H groups in total. The molecular formula is C21H15IN2O3. The lowest BCUT2D eigenvalue weighted by molar-refractivity contribution is 0.0660. The lowest BCUT2D eigenvalue weighted by Crippen LogP contribution is -1.97. The maximum atomic E-state index is 11.0. The van der Waals surface area contributed by atoms with E-state index in [9.17, 15) is 4.79 Å². The van der Waals surface area contributed by atoms with Gasteiger partial charge in [0.1, 0.15) is 5.76 Å². The van der Waals surface area contributed by atoms with Gasteiger partial charge in [-0.25, -0.2) is 4.79 Å². The molecule has 0 aliphatic rings. The van der Waals surface area contributed by atoms with Crippen LogP contribution in [0, 0.1) is 3.57 Å². The van der Waals surface area contributed by atoms with E-state index in [1.54, 1.807) is 6.07 Å². The smallest absolute Gasteiger partial charge is 0.371 e. The highest BCUT2D eigenvalue weighted by Gasteiger charge is 2.12. The zero-order valence-electron chi connectivity index (χ0n) is 14.2. The third-order valence-electron chi connectivity index (χ3n) is 4.18. The van der Waals surface area contributed by atoms with Crippen molar-refractivity contribution in [2.24, 2.45) is 4.99 Å². The van der Waals surface area contributed by atoms with Gasteiger partial charge in [-0.3, -0.25) is 4.99 Å². The van der Waals surface area contributed by atoms with Gasteiger partial charge >= 0.3 is 5.97 Å². The van der Waals surface area contributed by atoms with Crippen molar-refractivity contribution in [3.63, 3.8) is 0 Å². The van der Waals surface area contributed by atoms with Gasteiger partial charge in [0.05, 0.1) is 12.2 Å². The molecule has 2 aromatic heterocycles. The van der Waals surface area contributed by atoms with Crippen molar-refractivity contribution in [3.05, 3.63) is 87.5 Å². The second kappa shape index (κ2) is 7.40. The van der Waals surface area contributed by atoms with Gasteiger partial charge in [-0.15, -0.1) is 0 Å². The van der Waals surface area contributed by atoms with Crippen LogP contribution in [-0.2, 0) is 6.54 Å². The van der Waals surface area contributed by atoms with Gasteiger partial charge in [0, 0.05) is 32.4 Å². The molecule has 2 heterocycles. The van der Waals surface area contributed by atoms with E-state index in [4.69, 9.17) is 9.52 Å². The lowest BCUT2D eigenvalue weighted by Gasteiger charge is -2.02. The number of furan rings is 1. The molecule has 0 saturated carbocycles. The molecule has 0 unspecified atom stereocenters. The first kappa shape index (κ1) is 17.5. The van der Waals surface area contributed by atoms with Gasteiger partial charge in [-0.05, 0) is 59.0 Å². The fraction of sp³-hybridized carbons (Fsp3) is 0.0476. The summed E-state index contributed by atoms with van der Waals surface area (Å²) in [6, 6.07) is 19.2. The van der Waals surface area contributed by atoms with Crippen molar-refractivity contribution in [1.82, 2.24) is 4.57 Å². The van der Waals surface area contributed by atoms with E-state index in [2.05, 4.69) is 27.6 Å². The highest BCUT2D eigenvalue weighted by molar-refractivity contribution is 14.1. The largest absolute Gasteiger partial charge is 0.475 e. The maximum Gasteiger partial charge on any atom is 0.371 e. The lowest BCUT2D eigenvalue weighted by atomic mass is 10.2. The number of fused-ring (bicyclic) bond motifs is 1. The normalized spacial score (nSPS) is 11.4. The number of nitrogens with zero attached hydrogens (tertiary/aromatic N) is 2. The van der Waals surface area contributed by atoms with E-state index in [1.165, 1.54) is 6.07 Å². The number of aromatic carboxylic acids is 1. The molecule has 0 saturated heterocycles. The average Bonchev–Trinajstić information content (AvgIpc) is 3.26. The maximum absolute atomic E-state index is 11.0. The summed E-state index contributed by atoms with van der Waals surface area (Å²) in [7, 11) is 0. The van der Waals surface area contributed by atoms with Crippen LogP contribution >= 0.6 is 22.6 Å². The fourth-order valence-corrected chi connectivity index (χ4v) is 3.48. The van der Waals surface area contributed by atoms with Crippen molar-refractivity contribution in [1.29, 1.82) is 0 Å². The van der Waals surface area contributed by atoms with Gasteiger partial charge < -0.3 is 14.1 Å². The minimum absolute atomic E-state index is 0.0538. The van der Waals surface area contributed by atoms with Crippen molar-refractivity contribution >= 4 is 51.4 Å². The molecule has 0 fully saturated rings. The molecule has 4 rings (SSSR count). The highest BCUT2D eigenvalue weighted by Crippen LogP contribution is 2.23. The molecule has 4 aromatic rings. The number of benzene rings is 2. The molecule has 0 aliphatic carbocycles. The van der Waals surface area contributed by atoms with E-state index in [-0.39, 0.29) is 5.76 Å². The minimum Gasteiger partial charge on any atom is -0.475 e.